The van der Waals surface area contributed by atoms with Crippen LogP contribution in [-0.4, -0.2) is 43.1 Å². The highest BCUT2D eigenvalue weighted by Crippen LogP contribution is 2.01. The number of amides is 1. The molecule has 100 valence electrons. The molecular weight excluding hydrogens is 258 g/mol. The van der Waals surface area contributed by atoms with E-state index in [1.807, 2.05) is 6.92 Å². The number of hydrogen-bond donors (Lipinski definition) is 3. The maximum absolute atomic E-state index is 11.6. The van der Waals surface area contributed by atoms with Crippen molar-refractivity contribution in [2.45, 2.75) is 6.92 Å². The minimum atomic E-state index is -3.58. The van der Waals surface area contributed by atoms with Gasteiger partial charge in [-0.3, -0.25) is 9.78 Å². The fourth-order valence-electron chi connectivity index (χ4n) is 1.14. The van der Waals surface area contributed by atoms with Crippen LogP contribution in [0.3, 0.4) is 0 Å². The quantitative estimate of drug-likeness (QED) is 0.605. The Morgan fingerprint density at radius 3 is 2.78 bits per heavy atom. The van der Waals surface area contributed by atoms with E-state index in [0.717, 1.165) is 0 Å². The van der Waals surface area contributed by atoms with Gasteiger partial charge in [-0.25, -0.2) is 18.5 Å². The predicted molar refractivity (Wildman–Crippen MR) is 66.5 cm³/mol. The molecule has 0 radical (unpaired) electrons. The summed E-state index contributed by atoms with van der Waals surface area (Å²) in [5, 5.41) is 10.1. The van der Waals surface area contributed by atoms with Gasteiger partial charge >= 0.3 is 0 Å². The molecule has 0 aliphatic carbocycles. The summed E-state index contributed by atoms with van der Waals surface area (Å²) in [5.74, 6) is -0.332. The van der Waals surface area contributed by atoms with Crippen LogP contribution in [0, 0.1) is 0 Å². The number of aromatic nitrogens is 2. The summed E-state index contributed by atoms with van der Waals surface area (Å²) in [6, 6.07) is 0. The molecule has 0 aliphatic rings. The maximum atomic E-state index is 11.6. The van der Waals surface area contributed by atoms with E-state index in [4.69, 9.17) is 5.14 Å². The second-order valence-corrected chi connectivity index (χ2v) is 5.18. The molecule has 18 heavy (non-hydrogen) atoms. The van der Waals surface area contributed by atoms with Crippen molar-refractivity contribution in [3.05, 3.63) is 18.1 Å². The first-order valence-corrected chi connectivity index (χ1v) is 6.98. The molecule has 0 unspecified atom stereocenters. The van der Waals surface area contributed by atoms with Gasteiger partial charge in [-0.05, 0) is 6.92 Å². The number of rotatable bonds is 6. The summed E-state index contributed by atoms with van der Waals surface area (Å²) in [7, 11) is -3.58. The number of anilines is 1. The lowest BCUT2D eigenvalue weighted by Gasteiger charge is -2.05. The van der Waals surface area contributed by atoms with Gasteiger partial charge in [-0.15, -0.1) is 0 Å². The standard InChI is InChI=1S/C9H15N5O3S/c1-2-12-8-6-11-5-7(14-8)9(15)13-3-4-18(10,16)17/h5-6H,2-4H2,1H3,(H,12,14)(H,13,15)(H2,10,16,17). The van der Waals surface area contributed by atoms with Crippen LogP contribution in [0.5, 0.6) is 0 Å². The van der Waals surface area contributed by atoms with Gasteiger partial charge in [-0.2, -0.15) is 0 Å². The Hall–Kier alpha value is -1.74. The number of carbonyl (C=O) groups is 1. The van der Waals surface area contributed by atoms with Crippen LogP contribution < -0.4 is 15.8 Å². The average molecular weight is 273 g/mol. The smallest absolute Gasteiger partial charge is 0.271 e. The van der Waals surface area contributed by atoms with Crippen molar-refractivity contribution in [1.29, 1.82) is 0 Å². The summed E-state index contributed by atoms with van der Waals surface area (Å²) in [4.78, 5) is 19.5. The molecule has 0 aromatic carbocycles. The van der Waals surface area contributed by atoms with Gasteiger partial charge in [-0.1, -0.05) is 0 Å². The highest BCUT2D eigenvalue weighted by atomic mass is 32.2. The zero-order chi connectivity index (χ0) is 13.6. The SMILES string of the molecule is CCNc1cncc(C(=O)NCCS(N)(=O)=O)n1. The van der Waals surface area contributed by atoms with E-state index >= 15 is 0 Å². The zero-order valence-corrected chi connectivity index (χ0v) is 10.7. The summed E-state index contributed by atoms with van der Waals surface area (Å²) < 4.78 is 21.4. The number of nitrogens with two attached hydrogens (primary N) is 1. The zero-order valence-electron chi connectivity index (χ0n) is 9.88. The van der Waals surface area contributed by atoms with Crippen molar-refractivity contribution >= 4 is 21.7 Å². The summed E-state index contributed by atoms with van der Waals surface area (Å²) >= 11 is 0. The number of primary sulfonamides is 1. The number of carbonyl (C=O) groups excluding carboxylic acids is 1. The molecule has 0 saturated heterocycles. The summed E-state index contributed by atoms with van der Waals surface area (Å²) in [6.07, 6.45) is 2.79. The van der Waals surface area contributed by atoms with E-state index in [0.29, 0.717) is 12.4 Å². The van der Waals surface area contributed by atoms with E-state index in [2.05, 4.69) is 20.6 Å². The average Bonchev–Trinajstić information content (AvgIpc) is 2.28. The molecule has 1 heterocycles. The number of nitrogens with one attached hydrogen (secondary N) is 2. The normalized spacial score (nSPS) is 11.0. The Labute approximate surface area is 105 Å². The molecule has 1 rings (SSSR count). The number of nitrogens with zero attached hydrogens (tertiary/aromatic N) is 2. The minimum absolute atomic E-state index is 0.0647. The van der Waals surface area contributed by atoms with Gasteiger partial charge in [0.15, 0.2) is 0 Å². The lowest BCUT2D eigenvalue weighted by atomic mass is 10.4. The van der Waals surface area contributed by atoms with E-state index < -0.39 is 15.9 Å². The lowest BCUT2D eigenvalue weighted by Crippen LogP contribution is -2.32. The van der Waals surface area contributed by atoms with Crippen LogP contribution in [0.25, 0.3) is 0 Å². The number of hydrogen-bond acceptors (Lipinski definition) is 6. The van der Waals surface area contributed by atoms with Crippen LogP contribution in [0.15, 0.2) is 12.4 Å². The molecule has 1 amide bonds. The van der Waals surface area contributed by atoms with Crippen LogP contribution in [0.1, 0.15) is 17.4 Å². The van der Waals surface area contributed by atoms with E-state index in [1.165, 1.54) is 12.4 Å². The van der Waals surface area contributed by atoms with Gasteiger partial charge in [0.1, 0.15) is 11.5 Å². The highest BCUT2D eigenvalue weighted by Gasteiger charge is 2.09. The first-order valence-electron chi connectivity index (χ1n) is 5.27. The largest absolute Gasteiger partial charge is 0.369 e. The van der Waals surface area contributed by atoms with Crippen molar-refractivity contribution in [3.63, 3.8) is 0 Å². The van der Waals surface area contributed by atoms with Gasteiger partial charge in [0.05, 0.1) is 18.1 Å². The van der Waals surface area contributed by atoms with Crippen LogP contribution in [0.4, 0.5) is 5.82 Å². The Kier molecular flexibility index (Phi) is 4.98. The molecule has 0 saturated carbocycles. The molecule has 0 fully saturated rings. The third kappa shape index (κ3) is 5.06. The second-order valence-electron chi connectivity index (χ2n) is 3.44. The molecule has 0 bridgehead atoms. The molecule has 0 spiro atoms. The van der Waals surface area contributed by atoms with Crippen LogP contribution in [-0.2, 0) is 10.0 Å². The van der Waals surface area contributed by atoms with E-state index in [1.54, 1.807) is 0 Å². The fourth-order valence-corrected chi connectivity index (χ4v) is 1.53. The first-order chi connectivity index (χ1) is 8.42. The maximum Gasteiger partial charge on any atom is 0.271 e. The van der Waals surface area contributed by atoms with Gasteiger partial charge in [0.2, 0.25) is 10.0 Å². The van der Waals surface area contributed by atoms with Crippen molar-refractivity contribution in [1.82, 2.24) is 15.3 Å². The van der Waals surface area contributed by atoms with E-state index in [-0.39, 0.29) is 18.0 Å². The van der Waals surface area contributed by atoms with Crippen molar-refractivity contribution in [3.8, 4) is 0 Å². The molecule has 0 aliphatic heterocycles. The predicted octanol–water partition coefficient (Wildman–Crippen LogP) is -1.07. The van der Waals surface area contributed by atoms with E-state index in [9.17, 15) is 13.2 Å². The number of sulfonamides is 1. The topological polar surface area (TPSA) is 127 Å². The highest BCUT2D eigenvalue weighted by molar-refractivity contribution is 7.89. The van der Waals surface area contributed by atoms with Crippen molar-refractivity contribution in [2.75, 3.05) is 24.2 Å². The Morgan fingerprint density at radius 1 is 1.44 bits per heavy atom. The Balaban J connectivity index is 2.58. The Morgan fingerprint density at radius 2 is 2.17 bits per heavy atom. The molecule has 1 aromatic heterocycles. The second kappa shape index (κ2) is 6.26. The summed E-state index contributed by atoms with van der Waals surface area (Å²) in [5.41, 5.74) is 0.114. The fraction of sp³-hybridized carbons (Fsp3) is 0.444. The molecule has 8 nitrogen and oxygen atoms in total. The van der Waals surface area contributed by atoms with Crippen LogP contribution in [0.2, 0.25) is 0 Å². The van der Waals surface area contributed by atoms with Crippen LogP contribution >= 0.6 is 0 Å². The first kappa shape index (κ1) is 14.3. The van der Waals surface area contributed by atoms with Gasteiger partial charge in [0.25, 0.3) is 5.91 Å². The summed E-state index contributed by atoms with van der Waals surface area (Å²) in [6.45, 7) is 2.48. The molecule has 4 N–H and O–H groups in total. The lowest BCUT2D eigenvalue weighted by molar-refractivity contribution is 0.0951. The van der Waals surface area contributed by atoms with Crippen molar-refractivity contribution < 1.29 is 13.2 Å². The van der Waals surface area contributed by atoms with Crippen molar-refractivity contribution in [2.24, 2.45) is 5.14 Å². The molecular formula is C9H15N5O3S. The molecule has 0 atom stereocenters. The third-order valence-electron chi connectivity index (χ3n) is 1.90. The minimum Gasteiger partial charge on any atom is -0.369 e. The molecule has 9 heteroatoms. The van der Waals surface area contributed by atoms with Gasteiger partial charge in [0, 0.05) is 13.1 Å². The molecule has 1 aromatic rings. The Bertz CT molecular complexity index is 517. The van der Waals surface area contributed by atoms with Gasteiger partial charge < -0.3 is 10.6 Å². The third-order valence-corrected chi connectivity index (χ3v) is 2.67. The monoisotopic (exact) mass is 273 g/mol.